The molecule has 0 aliphatic carbocycles. The number of hydrogen-bond donors (Lipinski definition) is 1. The van der Waals surface area contributed by atoms with Gasteiger partial charge in [-0.25, -0.2) is 0 Å². The average molecular weight is 398 g/mol. The molecule has 2 aromatic rings. The molecule has 0 saturated heterocycles. The van der Waals surface area contributed by atoms with Crippen molar-refractivity contribution in [3.8, 4) is 28.7 Å². The van der Waals surface area contributed by atoms with Gasteiger partial charge in [0.15, 0.2) is 23.2 Å². The molecule has 2 aromatic carbocycles. The van der Waals surface area contributed by atoms with Gasteiger partial charge in [0, 0.05) is 22.8 Å². The molecule has 29 heavy (non-hydrogen) atoms. The van der Waals surface area contributed by atoms with Gasteiger partial charge in [-0.3, -0.25) is 0 Å². The van der Waals surface area contributed by atoms with Crippen molar-refractivity contribution in [2.45, 2.75) is 32.0 Å². The quantitative estimate of drug-likeness (QED) is 0.770. The maximum Gasteiger partial charge on any atom is 0.168 e. The van der Waals surface area contributed by atoms with E-state index in [0.29, 0.717) is 40.7 Å². The molecule has 6 nitrogen and oxygen atoms in total. The topological polar surface area (TPSA) is 66.4 Å². The van der Waals surface area contributed by atoms with Crippen molar-refractivity contribution in [3.05, 3.63) is 52.6 Å². The summed E-state index contributed by atoms with van der Waals surface area (Å²) < 4.78 is 28.8. The Hall–Kier alpha value is -2.86. The number of benzene rings is 2. The summed E-state index contributed by atoms with van der Waals surface area (Å²) in [6.07, 6.45) is 2.11. The first-order chi connectivity index (χ1) is 13.9. The molecule has 0 bridgehead atoms. The first kappa shape index (κ1) is 19.5. The Morgan fingerprint density at radius 2 is 1.97 bits per heavy atom. The van der Waals surface area contributed by atoms with Crippen LogP contribution >= 0.6 is 0 Å². The van der Waals surface area contributed by atoms with Crippen molar-refractivity contribution in [1.29, 1.82) is 0 Å². The van der Waals surface area contributed by atoms with Gasteiger partial charge >= 0.3 is 0 Å². The second-order valence-electron chi connectivity index (χ2n) is 7.57. The third-order valence-corrected chi connectivity index (χ3v) is 5.52. The summed E-state index contributed by atoms with van der Waals surface area (Å²) in [4.78, 5) is 0. The molecule has 0 saturated carbocycles. The summed E-state index contributed by atoms with van der Waals surface area (Å²) in [5.41, 5.74) is 2.14. The Morgan fingerprint density at radius 1 is 1.17 bits per heavy atom. The molecule has 2 atom stereocenters. The minimum absolute atomic E-state index is 0.0718. The van der Waals surface area contributed by atoms with Crippen LogP contribution in [0.1, 0.15) is 36.6 Å². The Labute approximate surface area is 170 Å². The minimum Gasteiger partial charge on any atom is -0.497 e. The van der Waals surface area contributed by atoms with Crippen LogP contribution < -0.4 is 23.7 Å². The van der Waals surface area contributed by atoms with Gasteiger partial charge in [0.05, 0.1) is 21.3 Å². The van der Waals surface area contributed by atoms with Gasteiger partial charge < -0.3 is 28.8 Å². The van der Waals surface area contributed by atoms with E-state index in [1.54, 1.807) is 27.4 Å². The van der Waals surface area contributed by atoms with Gasteiger partial charge in [-0.1, -0.05) is 11.6 Å². The van der Waals surface area contributed by atoms with Gasteiger partial charge in [-0.15, -0.1) is 0 Å². The zero-order valence-electron chi connectivity index (χ0n) is 17.4. The van der Waals surface area contributed by atoms with Crippen LogP contribution in [0.4, 0.5) is 0 Å². The monoisotopic (exact) mass is 398 g/mol. The Balaban J connectivity index is 1.88. The van der Waals surface area contributed by atoms with Crippen LogP contribution in [0.3, 0.4) is 0 Å². The van der Waals surface area contributed by atoms with Crippen molar-refractivity contribution in [1.82, 2.24) is 0 Å². The zero-order valence-corrected chi connectivity index (χ0v) is 17.4. The molecule has 0 aromatic heterocycles. The van der Waals surface area contributed by atoms with Crippen molar-refractivity contribution < 1.29 is 28.8 Å². The lowest BCUT2D eigenvalue weighted by Crippen LogP contribution is -2.41. The summed E-state index contributed by atoms with van der Waals surface area (Å²) >= 11 is 0. The van der Waals surface area contributed by atoms with E-state index < -0.39 is 11.7 Å². The van der Waals surface area contributed by atoms with Gasteiger partial charge in [-0.2, -0.15) is 0 Å². The van der Waals surface area contributed by atoms with E-state index in [0.717, 1.165) is 11.1 Å². The van der Waals surface area contributed by atoms with E-state index in [-0.39, 0.29) is 6.61 Å². The molecular formula is C23H26O6. The number of methoxy groups -OCH3 is 3. The van der Waals surface area contributed by atoms with Crippen LogP contribution in [0.25, 0.3) is 0 Å². The van der Waals surface area contributed by atoms with Crippen molar-refractivity contribution >= 4 is 0 Å². The molecule has 0 unspecified atom stereocenters. The van der Waals surface area contributed by atoms with Crippen LogP contribution in [-0.4, -0.2) is 33.0 Å². The van der Waals surface area contributed by atoms with Crippen LogP contribution in [-0.2, 0) is 12.0 Å². The fourth-order valence-corrected chi connectivity index (χ4v) is 4.00. The van der Waals surface area contributed by atoms with E-state index in [1.807, 2.05) is 32.0 Å². The standard InChI is InChI=1S/C23H26O6/c1-13(2)6-8-16-20-17(11-19(26-4)21(16)27-5)23(24)12-28-18-10-14(25-3)7-9-15(18)22(23)29-20/h6-7,9-11,22,24H,8,12H2,1-5H3/t22-,23+/m0/s1. The van der Waals surface area contributed by atoms with E-state index in [9.17, 15) is 5.11 Å². The summed E-state index contributed by atoms with van der Waals surface area (Å²) in [6, 6.07) is 7.31. The normalized spacial score (nSPS) is 21.1. The smallest absolute Gasteiger partial charge is 0.168 e. The number of allylic oxidation sites excluding steroid dienone is 2. The maximum atomic E-state index is 11.6. The van der Waals surface area contributed by atoms with E-state index in [1.165, 1.54) is 5.57 Å². The third kappa shape index (κ3) is 2.99. The Bertz CT molecular complexity index is 976. The van der Waals surface area contributed by atoms with E-state index >= 15 is 0 Å². The number of ether oxygens (including phenoxy) is 5. The molecule has 1 N–H and O–H groups in total. The lowest BCUT2D eigenvalue weighted by molar-refractivity contribution is -0.0865. The maximum absolute atomic E-state index is 11.6. The molecule has 4 rings (SSSR count). The second kappa shape index (κ2) is 7.19. The SMILES string of the molecule is COc1ccc2c(c1)OC[C@@]1(O)c3cc(OC)c(OC)c(CC=C(C)C)c3O[C@@H]21. The highest BCUT2D eigenvalue weighted by Gasteiger charge is 2.54. The lowest BCUT2D eigenvalue weighted by atomic mass is 9.84. The largest absolute Gasteiger partial charge is 0.497 e. The van der Waals surface area contributed by atoms with Crippen molar-refractivity contribution in [3.63, 3.8) is 0 Å². The van der Waals surface area contributed by atoms with Crippen LogP contribution in [0.5, 0.6) is 28.7 Å². The van der Waals surface area contributed by atoms with Gasteiger partial charge in [0.2, 0.25) is 0 Å². The number of hydrogen-bond acceptors (Lipinski definition) is 6. The Morgan fingerprint density at radius 3 is 2.62 bits per heavy atom. The van der Waals surface area contributed by atoms with Gasteiger partial charge in [-0.05, 0) is 38.5 Å². The predicted octanol–water partition coefficient (Wildman–Crippen LogP) is 3.93. The molecule has 0 spiro atoms. The molecule has 154 valence electrons. The molecule has 2 aliphatic rings. The number of fused-ring (bicyclic) bond motifs is 5. The molecule has 2 heterocycles. The summed E-state index contributed by atoms with van der Waals surface area (Å²) in [6.45, 7) is 4.15. The highest BCUT2D eigenvalue weighted by atomic mass is 16.5. The van der Waals surface area contributed by atoms with E-state index in [4.69, 9.17) is 23.7 Å². The molecule has 0 amide bonds. The summed E-state index contributed by atoms with van der Waals surface area (Å²) in [5.74, 6) is 3.14. The lowest BCUT2D eigenvalue weighted by Gasteiger charge is -2.34. The van der Waals surface area contributed by atoms with Crippen LogP contribution in [0.15, 0.2) is 35.9 Å². The van der Waals surface area contributed by atoms with E-state index in [2.05, 4.69) is 6.08 Å². The van der Waals surface area contributed by atoms with Crippen molar-refractivity contribution in [2.24, 2.45) is 0 Å². The van der Waals surface area contributed by atoms with Crippen LogP contribution in [0.2, 0.25) is 0 Å². The number of aliphatic hydroxyl groups is 1. The first-order valence-corrected chi connectivity index (χ1v) is 9.54. The van der Waals surface area contributed by atoms with Gasteiger partial charge in [0.25, 0.3) is 0 Å². The average Bonchev–Trinajstić information content (AvgIpc) is 3.03. The number of rotatable bonds is 5. The van der Waals surface area contributed by atoms with Gasteiger partial charge in [0.1, 0.15) is 23.9 Å². The molecule has 6 heteroatoms. The molecular weight excluding hydrogens is 372 g/mol. The fourth-order valence-electron chi connectivity index (χ4n) is 4.00. The summed E-state index contributed by atoms with van der Waals surface area (Å²) in [5, 5.41) is 11.6. The predicted molar refractivity (Wildman–Crippen MR) is 108 cm³/mol. The molecule has 2 aliphatic heterocycles. The zero-order chi connectivity index (χ0) is 20.8. The highest BCUT2D eigenvalue weighted by molar-refractivity contribution is 5.64. The van der Waals surface area contributed by atoms with Crippen LogP contribution in [0, 0.1) is 0 Å². The highest BCUT2D eigenvalue weighted by Crippen LogP contribution is 2.58. The first-order valence-electron chi connectivity index (χ1n) is 9.54. The summed E-state index contributed by atoms with van der Waals surface area (Å²) in [7, 11) is 4.81. The third-order valence-electron chi connectivity index (χ3n) is 5.52. The van der Waals surface area contributed by atoms with Crippen molar-refractivity contribution in [2.75, 3.05) is 27.9 Å². The fraction of sp³-hybridized carbons (Fsp3) is 0.391. The molecule has 0 radical (unpaired) electrons. The Kier molecular flexibility index (Phi) is 4.82. The second-order valence-corrected chi connectivity index (χ2v) is 7.57. The molecule has 0 fully saturated rings. The minimum atomic E-state index is -1.32.